The third-order valence-electron chi connectivity index (χ3n) is 7.01. The SMILES string of the molecule is C#Cc1cc(CCN=CN(C)CC)c(C)cc1C/C(C)=C/S/C(=C\C)c1ccc2c(c1)CCCCC2. The molecular formula is C33H42N2S. The summed E-state index contributed by atoms with van der Waals surface area (Å²) in [6.45, 7) is 10.4. The largest absolute Gasteiger partial charge is 0.366 e. The first-order chi connectivity index (χ1) is 17.4. The normalized spacial score (nSPS) is 14.4. The molecule has 0 amide bonds. The van der Waals surface area contributed by atoms with Gasteiger partial charge in [-0.3, -0.25) is 4.99 Å². The van der Waals surface area contributed by atoms with Gasteiger partial charge in [-0.05, 0) is 111 Å². The lowest BCUT2D eigenvalue weighted by Gasteiger charge is -2.13. The number of allylic oxidation sites excluding steroid dienone is 2. The number of thioether (sulfide) groups is 1. The summed E-state index contributed by atoms with van der Waals surface area (Å²) < 4.78 is 0. The number of nitrogens with zero attached hydrogens (tertiary/aromatic N) is 2. The zero-order chi connectivity index (χ0) is 25.9. The molecule has 0 unspecified atom stereocenters. The number of hydrogen-bond donors (Lipinski definition) is 0. The second-order valence-corrected chi connectivity index (χ2v) is 10.8. The van der Waals surface area contributed by atoms with E-state index in [4.69, 9.17) is 6.42 Å². The maximum atomic E-state index is 5.92. The Hall–Kier alpha value is -2.70. The Kier molecular flexibility index (Phi) is 11.0. The van der Waals surface area contributed by atoms with Gasteiger partial charge in [0, 0.05) is 30.6 Å². The molecule has 0 N–H and O–H groups in total. The first-order valence-corrected chi connectivity index (χ1v) is 14.2. The van der Waals surface area contributed by atoms with Gasteiger partial charge in [-0.15, -0.1) is 6.42 Å². The molecule has 190 valence electrons. The average Bonchev–Trinajstić information content (AvgIpc) is 3.13. The number of fused-ring (bicyclic) bond motifs is 1. The predicted octanol–water partition coefficient (Wildman–Crippen LogP) is 8.01. The van der Waals surface area contributed by atoms with E-state index < -0.39 is 0 Å². The fourth-order valence-electron chi connectivity index (χ4n) is 4.70. The van der Waals surface area contributed by atoms with E-state index in [0.717, 1.165) is 31.5 Å². The molecule has 0 saturated carbocycles. The maximum absolute atomic E-state index is 5.92. The third-order valence-corrected chi connectivity index (χ3v) is 8.25. The van der Waals surface area contributed by atoms with Crippen LogP contribution < -0.4 is 0 Å². The molecule has 3 rings (SSSR count). The van der Waals surface area contributed by atoms with Crippen LogP contribution in [0.25, 0.3) is 4.91 Å². The summed E-state index contributed by atoms with van der Waals surface area (Å²) in [7, 11) is 2.04. The van der Waals surface area contributed by atoms with Crippen molar-refractivity contribution in [2.24, 2.45) is 4.99 Å². The van der Waals surface area contributed by atoms with Gasteiger partial charge in [0.05, 0.1) is 6.34 Å². The molecule has 2 aromatic rings. The summed E-state index contributed by atoms with van der Waals surface area (Å²) >= 11 is 1.82. The van der Waals surface area contributed by atoms with Crippen molar-refractivity contribution < 1.29 is 0 Å². The van der Waals surface area contributed by atoms with Gasteiger partial charge in [0.15, 0.2) is 0 Å². The number of benzene rings is 2. The van der Waals surface area contributed by atoms with Crippen LogP contribution in [0.5, 0.6) is 0 Å². The van der Waals surface area contributed by atoms with Gasteiger partial charge < -0.3 is 4.90 Å². The van der Waals surface area contributed by atoms with Gasteiger partial charge in [-0.2, -0.15) is 0 Å². The van der Waals surface area contributed by atoms with Crippen molar-refractivity contribution >= 4 is 23.0 Å². The minimum absolute atomic E-state index is 0.777. The van der Waals surface area contributed by atoms with Crippen LogP contribution in [0.3, 0.4) is 0 Å². The van der Waals surface area contributed by atoms with E-state index in [1.807, 2.05) is 25.1 Å². The third kappa shape index (κ3) is 7.90. The summed E-state index contributed by atoms with van der Waals surface area (Å²) in [6, 6.07) is 11.6. The Balaban J connectivity index is 1.68. The zero-order valence-electron chi connectivity index (χ0n) is 22.9. The van der Waals surface area contributed by atoms with Crippen LogP contribution in [0.1, 0.15) is 79.0 Å². The highest BCUT2D eigenvalue weighted by Gasteiger charge is 2.11. The molecule has 0 saturated heterocycles. The van der Waals surface area contributed by atoms with E-state index in [1.165, 1.54) is 64.8 Å². The Labute approximate surface area is 224 Å². The summed E-state index contributed by atoms with van der Waals surface area (Å²) in [5.74, 6) is 2.93. The van der Waals surface area contributed by atoms with Crippen LogP contribution >= 0.6 is 11.8 Å². The molecule has 0 aliphatic heterocycles. The monoisotopic (exact) mass is 498 g/mol. The van der Waals surface area contributed by atoms with Crippen molar-refractivity contribution in [3.05, 3.63) is 86.3 Å². The molecule has 0 spiro atoms. The van der Waals surface area contributed by atoms with Gasteiger partial charge in [-0.1, -0.05) is 60.0 Å². The van der Waals surface area contributed by atoms with E-state index >= 15 is 0 Å². The lowest BCUT2D eigenvalue weighted by atomic mass is 9.94. The highest BCUT2D eigenvalue weighted by molar-refractivity contribution is 8.10. The minimum Gasteiger partial charge on any atom is -0.366 e. The van der Waals surface area contributed by atoms with Gasteiger partial charge in [-0.25, -0.2) is 0 Å². The van der Waals surface area contributed by atoms with E-state index in [-0.39, 0.29) is 0 Å². The molecule has 1 aliphatic carbocycles. The quantitative estimate of drug-likeness (QED) is 0.143. The smallest absolute Gasteiger partial charge is 0.0847 e. The molecule has 3 heteroatoms. The standard InChI is InChI=1S/C33H42N2S/c1-7-27-21-29(17-18-34-24-35(6)9-3)26(5)20-32(27)19-25(4)23-36-33(8-2)31-16-15-28-13-11-10-12-14-30(28)22-31/h1,8,15-16,20-24H,9-14,17-19H2,2-6H3/b25-23+,33-8-,34-24?. The second-order valence-electron chi connectivity index (χ2n) is 9.88. The van der Waals surface area contributed by atoms with Gasteiger partial charge >= 0.3 is 0 Å². The molecule has 36 heavy (non-hydrogen) atoms. The Morgan fingerprint density at radius 1 is 1.11 bits per heavy atom. The van der Waals surface area contributed by atoms with Gasteiger partial charge in [0.1, 0.15) is 0 Å². The predicted molar refractivity (Wildman–Crippen MR) is 161 cm³/mol. The Bertz CT molecular complexity index is 1160. The molecule has 0 fully saturated rings. The van der Waals surface area contributed by atoms with E-state index in [1.54, 1.807) is 11.1 Å². The van der Waals surface area contributed by atoms with Crippen molar-refractivity contribution in [1.82, 2.24) is 4.90 Å². The summed E-state index contributed by atoms with van der Waals surface area (Å²) in [6.07, 6.45) is 18.3. The fraction of sp³-hybridized carbons (Fsp3) is 0.424. The highest BCUT2D eigenvalue weighted by atomic mass is 32.2. The maximum Gasteiger partial charge on any atom is 0.0847 e. The van der Waals surface area contributed by atoms with Gasteiger partial charge in [0.25, 0.3) is 0 Å². The lowest BCUT2D eigenvalue weighted by molar-refractivity contribution is 0.549. The van der Waals surface area contributed by atoms with Crippen molar-refractivity contribution in [3.8, 4) is 12.3 Å². The molecule has 2 nitrogen and oxygen atoms in total. The molecule has 0 bridgehead atoms. The van der Waals surface area contributed by atoms with Crippen LogP contribution in [0.15, 0.2) is 52.4 Å². The molecular weight excluding hydrogens is 456 g/mol. The molecule has 0 atom stereocenters. The Morgan fingerprint density at radius 2 is 1.89 bits per heavy atom. The molecule has 1 aliphatic rings. The number of aliphatic imine (C=N–C) groups is 1. The summed E-state index contributed by atoms with van der Waals surface area (Å²) in [5.41, 5.74) is 10.6. The van der Waals surface area contributed by atoms with Crippen molar-refractivity contribution in [3.63, 3.8) is 0 Å². The Morgan fingerprint density at radius 3 is 2.61 bits per heavy atom. The van der Waals surface area contributed by atoms with E-state index in [0.29, 0.717) is 0 Å². The summed E-state index contributed by atoms with van der Waals surface area (Å²) in [4.78, 5) is 7.94. The minimum atomic E-state index is 0.777. The van der Waals surface area contributed by atoms with Crippen molar-refractivity contribution in [2.75, 3.05) is 20.1 Å². The second kappa shape index (κ2) is 14.1. The first kappa shape index (κ1) is 27.9. The van der Waals surface area contributed by atoms with Crippen LogP contribution in [0, 0.1) is 19.3 Å². The number of hydrogen-bond acceptors (Lipinski definition) is 2. The van der Waals surface area contributed by atoms with Crippen LogP contribution in [-0.2, 0) is 25.7 Å². The molecule has 0 radical (unpaired) electrons. The molecule has 0 heterocycles. The highest BCUT2D eigenvalue weighted by Crippen LogP contribution is 2.33. The summed E-state index contributed by atoms with van der Waals surface area (Å²) in [5, 5.41) is 2.30. The van der Waals surface area contributed by atoms with E-state index in [9.17, 15) is 0 Å². The topological polar surface area (TPSA) is 15.6 Å². The van der Waals surface area contributed by atoms with Gasteiger partial charge in [0.2, 0.25) is 0 Å². The number of terminal acetylenes is 1. The zero-order valence-corrected chi connectivity index (χ0v) is 23.7. The average molecular weight is 499 g/mol. The van der Waals surface area contributed by atoms with E-state index in [2.05, 4.69) is 85.3 Å². The van der Waals surface area contributed by atoms with Crippen LogP contribution in [0.4, 0.5) is 0 Å². The fourth-order valence-corrected chi connectivity index (χ4v) is 5.51. The molecule has 2 aromatic carbocycles. The van der Waals surface area contributed by atoms with Crippen molar-refractivity contribution in [1.29, 1.82) is 0 Å². The van der Waals surface area contributed by atoms with Crippen LogP contribution in [0.2, 0.25) is 0 Å². The lowest BCUT2D eigenvalue weighted by Crippen LogP contribution is -2.15. The van der Waals surface area contributed by atoms with Crippen LogP contribution in [-0.4, -0.2) is 31.4 Å². The van der Waals surface area contributed by atoms with Crippen molar-refractivity contribution in [2.45, 2.75) is 72.6 Å². The first-order valence-electron chi connectivity index (χ1n) is 13.3. The molecule has 0 aromatic heterocycles. The number of rotatable bonds is 10. The number of aryl methyl sites for hydroxylation is 3.